The summed E-state index contributed by atoms with van der Waals surface area (Å²) in [5.41, 5.74) is 2.71. The molecule has 0 unspecified atom stereocenters. The largest absolute Gasteiger partial charge is 0.492 e. The second-order valence-electron chi connectivity index (χ2n) is 6.36. The van der Waals surface area contributed by atoms with Gasteiger partial charge in [-0.1, -0.05) is 6.07 Å². The summed E-state index contributed by atoms with van der Waals surface area (Å²) in [6.45, 7) is 0.809. The van der Waals surface area contributed by atoms with Gasteiger partial charge in [-0.15, -0.1) is 22.7 Å². The van der Waals surface area contributed by atoms with Crippen molar-refractivity contribution in [3.05, 3.63) is 52.3 Å². The quantitative estimate of drug-likeness (QED) is 0.581. The number of nitrogens with zero attached hydrogens (tertiary/aromatic N) is 1. The number of fused-ring (bicyclic) bond motifs is 1. The molecule has 0 fully saturated rings. The smallest absolute Gasteiger partial charge is 0.226 e. The molecule has 0 bridgehead atoms. The van der Waals surface area contributed by atoms with Crippen molar-refractivity contribution in [2.75, 3.05) is 18.5 Å². The number of carbonyl (C=O) groups is 2. The summed E-state index contributed by atoms with van der Waals surface area (Å²) in [6.07, 6.45) is 1.48. The second-order valence-corrected chi connectivity index (χ2v) is 8.17. The maximum atomic E-state index is 12.1. The van der Waals surface area contributed by atoms with Crippen LogP contribution in [0.4, 0.5) is 5.69 Å². The van der Waals surface area contributed by atoms with E-state index in [1.807, 2.05) is 41.1 Å². The molecule has 144 valence electrons. The van der Waals surface area contributed by atoms with Crippen LogP contribution in [0.3, 0.4) is 0 Å². The van der Waals surface area contributed by atoms with Gasteiger partial charge in [0.15, 0.2) is 0 Å². The molecule has 1 aliphatic rings. The Morgan fingerprint density at radius 3 is 3.04 bits per heavy atom. The average molecular weight is 414 g/mol. The van der Waals surface area contributed by atoms with E-state index in [0.29, 0.717) is 19.6 Å². The van der Waals surface area contributed by atoms with Crippen LogP contribution in [0.5, 0.6) is 5.75 Å². The second kappa shape index (κ2) is 8.53. The number of ether oxygens (including phenoxy) is 1. The molecule has 3 heterocycles. The Morgan fingerprint density at radius 2 is 2.18 bits per heavy atom. The lowest BCUT2D eigenvalue weighted by Crippen LogP contribution is -2.29. The summed E-state index contributed by atoms with van der Waals surface area (Å²) in [4.78, 5) is 29.1. The molecule has 0 saturated heterocycles. The fourth-order valence-electron chi connectivity index (χ4n) is 2.94. The standard InChI is InChI=1S/C20H19N3O3S2/c24-18-6-3-13-10-15(4-5-16(13)23-18)26-8-7-21-19(25)11-14-12-28-20(22-14)17-2-1-9-27-17/h1-2,4-5,9-10,12H,3,6-8,11H2,(H,21,25)(H,23,24). The number of hydrogen-bond donors (Lipinski definition) is 2. The summed E-state index contributed by atoms with van der Waals surface area (Å²) in [6, 6.07) is 9.64. The molecule has 1 aliphatic heterocycles. The number of nitrogens with one attached hydrogen (secondary N) is 2. The number of thiophene rings is 1. The third kappa shape index (κ3) is 4.58. The molecule has 2 amide bonds. The molecule has 6 nitrogen and oxygen atoms in total. The van der Waals surface area contributed by atoms with Crippen molar-refractivity contribution in [3.8, 4) is 15.6 Å². The van der Waals surface area contributed by atoms with Gasteiger partial charge in [0, 0.05) is 17.5 Å². The maximum Gasteiger partial charge on any atom is 0.226 e. The van der Waals surface area contributed by atoms with E-state index in [1.54, 1.807) is 22.7 Å². The lowest BCUT2D eigenvalue weighted by molar-refractivity contribution is -0.120. The highest BCUT2D eigenvalue weighted by molar-refractivity contribution is 7.20. The van der Waals surface area contributed by atoms with E-state index in [1.165, 1.54) is 0 Å². The Labute approximate surface area is 170 Å². The van der Waals surface area contributed by atoms with E-state index in [2.05, 4.69) is 15.6 Å². The number of aromatic nitrogens is 1. The van der Waals surface area contributed by atoms with E-state index in [-0.39, 0.29) is 18.2 Å². The van der Waals surface area contributed by atoms with Crippen LogP contribution >= 0.6 is 22.7 Å². The molecule has 2 aromatic heterocycles. The Kier molecular flexibility index (Phi) is 5.68. The van der Waals surface area contributed by atoms with Gasteiger partial charge in [0.05, 0.1) is 23.5 Å². The first-order chi connectivity index (χ1) is 13.7. The van der Waals surface area contributed by atoms with Crippen LogP contribution in [0.2, 0.25) is 0 Å². The van der Waals surface area contributed by atoms with Gasteiger partial charge in [0.2, 0.25) is 11.8 Å². The first-order valence-corrected chi connectivity index (χ1v) is 10.7. The van der Waals surface area contributed by atoms with Crippen LogP contribution in [0.1, 0.15) is 17.7 Å². The molecule has 8 heteroatoms. The van der Waals surface area contributed by atoms with Gasteiger partial charge in [-0.05, 0) is 41.6 Å². The number of anilines is 1. The topological polar surface area (TPSA) is 80.3 Å². The van der Waals surface area contributed by atoms with Crippen molar-refractivity contribution in [1.29, 1.82) is 0 Å². The average Bonchev–Trinajstić information content (AvgIpc) is 3.37. The lowest BCUT2D eigenvalue weighted by atomic mass is 10.0. The molecular weight excluding hydrogens is 394 g/mol. The number of hydrogen-bond acceptors (Lipinski definition) is 6. The van der Waals surface area contributed by atoms with Crippen LogP contribution in [0.15, 0.2) is 41.1 Å². The number of carbonyl (C=O) groups excluding carboxylic acids is 2. The van der Waals surface area contributed by atoms with Crippen LogP contribution in [-0.4, -0.2) is 29.9 Å². The number of amides is 2. The minimum atomic E-state index is -0.0696. The van der Waals surface area contributed by atoms with Crippen molar-refractivity contribution >= 4 is 40.2 Å². The third-order valence-corrected chi connectivity index (χ3v) is 6.22. The van der Waals surface area contributed by atoms with E-state index in [9.17, 15) is 9.59 Å². The monoisotopic (exact) mass is 413 g/mol. The summed E-state index contributed by atoms with van der Waals surface area (Å²) < 4.78 is 5.71. The van der Waals surface area contributed by atoms with Gasteiger partial charge in [0.1, 0.15) is 17.4 Å². The van der Waals surface area contributed by atoms with Gasteiger partial charge in [-0.25, -0.2) is 4.98 Å². The molecule has 0 radical (unpaired) electrons. The Balaban J connectivity index is 1.21. The minimum absolute atomic E-state index is 0.0477. The zero-order chi connectivity index (χ0) is 19.3. The normalized spacial score (nSPS) is 12.9. The Bertz CT molecular complexity index is 983. The molecule has 0 saturated carbocycles. The van der Waals surface area contributed by atoms with Crippen molar-refractivity contribution < 1.29 is 14.3 Å². The zero-order valence-electron chi connectivity index (χ0n) is 15.1. The maximum absolute atomic E-state index is 12.1. The van der Waals surface area contributed by atoms with Gasteiger partial charge < -0.3 is 15.4 Å². The fourth-order valence-corrected chi connectivity index (χ4v) is 4.57. The molecule has 0 spiro atoms. The number of rotatable bonds is 7. The summed E-state index contributed by atoms with van der Waals surface area (Å²) in [5.74, 6) is 0.718. The molecule has 2 N–H and O–H groups in total. The fraction of sp³-hybridized carbons (Fsp3) is 0.250. The first kappa shape index (κ1) is 18.6. The van der Waals surface area contributed by atoms with Gasteiger partial charge in [-0.2, -0.15) is 0 Å². The van der Waals surface area contributed by atoms with Crippen LogP contribution in [-0.2, 0) is 22.4 Å². The Morgan fingerprint density at radius 1 is 1.25 bits per heavy atom. The molecule has 4 rings (SSSR count). The van der Waals surface area contributed by atoms with E-state index < -0.39 is 0 Å². The van der Waals surface area contributed by atoms with Crippen molar-refractivity contribution in [2.24, 2.45) is 0 Å². The zero-order valence-corrected chi connectivity index (χ0v) is 16.7. The summed E-state index contributed by atoms with van der Waals surface area (Å²) >= 11 is 3.20. The molecular formula is C20H19N3O3S2. The van der Waals surface area contributed by atoms with E-state index >= 15 is 0 Å². The highest BCUT2D eigenvalue weighted by Crippen LogP contribution is 2.28. The highest BCUT2D eigenvalue weighted by Gasteiger charge is 2.15. The minimum Gasteiger partial charge on any atom is -0.492 e. The van der Waals surface area contributed by atoms with E-state index in [0.717, 1.165) is 39.0 Å². The van der Waals surface area contributed by atoms with Gasteiger partial charge in [-0.3, -0.25) is 9.59 Å². The van der Waals surface area contributed by atoms with Gasteiger partial charge >= 0.3 is 0 Å². The molecule has 0 atom stereocenters. The van der Waals surface area contributed by atoms with Crippen LogP contribution < -0.4 is 15.4 Å². The number of aryl methyl sites for hydroxylation is 1. The Hall–Kier alpha value is -2.71. The van der Waals surface area contributed by atoms with Crippen molar-refractivity contribution in [2.45, 2.75) is 19.3 Å². The predicted octanol–water partition coefficient (Wildman–Crippen LogP) is 3.49. The van der Waals surface area contributed by atoms with Crippen molar-refractivity contribution in [3.63, 3.8) is 0 Å². The first-order valence-electron chi connectivity index (χ1n) is 8.98. The van der Waals surface area contributed by atoms with E-state index in [4.69, 9.17) is 4.74 Å². The van der Waals surface area contributed by atoms with Crippen LogP contribution in [0, 0.1) is 0 Å². The van der Waals surface area contributed by atoms with Crippen LogP contribution in [0.25, 0.3) is 9.88 Å². The molecule has 28 heavy (non-hydrogen) atoms. The third-order valence-electron chi connectivity index (χ3n) is 4.29. The highest BCUT2D eigenvalue weighted by atomic mass is 32.1. The number of benzene rings is 1. The molecule has 1 aromatic carbocycles. The molecule has 3 aromatic rings. The summed E-state index contributed by atoms with van der Waals surface area (Å²) in [7, 11) is 0. The predicted molar refractivity (Wildman–Crippen MR) is 111 cm³/mol. The van der Waals surface area contributed by atoms with Gasteiger partial charge in [0.25, 0.3) is 0 Å². The SMILES string of the molecule is O=C(Cc1csc(-c2cccs2)n1)NCCOc1ccc2c(c1)CCC(=O)N2. The van der Waals surface area contributed by atoms with Crippen molar-refractivity contribution in [1.82, 2.24) is 10.3 Å². The number of thiazole rings is 1. The lowest BCUT2D eigenvalue weighted by Gasteiger charge is -2.17. The molecule has 0 aliphatic carbocycles. The summed E-state index contributed by atoms with van der Waals surface area (Å²) in [5, 5.41) is 10.6.